The number of carbonyl (C=O) groups is 1. The number of amides is 1. The molecule has 180 valence electrons. The van der Waals surface area contributed by atoms with Crippen molar-refractivity contribution in [2.45, 2.75) is 69.9 Å². The molecule has 3 saturated carbocycles. The number of hydrogen-bond donors (Lipinski definition) is 1. The lowest BCUT2D eigenvalue weighted by Crippen LogP contribution is -2.50. The van der Waals surface area contributed by atoms with Crippen LogP contribution in [0.2, 0.25) is 0 Å². The van der Waals surface area contributed by atoms with Gasteiger partial charge in [0.05, 0.1) is 24.2 Å². The van der Waals surface area contributed by atoms with Crippen LogP contribution in [0.25, 0.3) is 0 Å². The fraction of sp³-hybridized carbons (Fsp3) is 0.720. The topological polar surface area (TPSA) is 93.9 Å². The summed E-state index contributed by atoms with van der Waals surface area (Å²) in [7, 11) is 1.47. The molecule has 1 aliphatic heterocycles. The van der Waals surface area contributed by atoms with Crippen molar-refractivity contribution in [2.24, 2.45) is 17.8 Å². The van der Waals surface area contributed by atoms with Gasteiger partial charge in [0.25, 0.3) is 5.91 Å². The molecule has 2 bridgehead atoms. The van der Waals surface area contributed by atoms with Gasteiger partial charge in [-0.1, -0.05) is 12.8 Å². The maximum atomic E-state index is 13.1. The van der Waals surface area contributed by atoms with Gasteiger partial charge in [-0.05, 0) is 62.7 Å². The highest BCUT2D eigenvalue weighted by Gasteiger charge is 2.42. The van der Waals surface area contributed by atoms with Crippen LogP contribution in [0.4, 0.5) is 5.69 Å². The first-order valence-corrected chi connectivity index (χ1v) is 12.6. The van der Waals surface area contributed by atoms with Crippen molar-refractivity contribution in [3.63, 3.8) is 0 Å². The number of nitrogens with zero attached hydrogens (tertiary/aromatic N) is 2. The Morgan fingerprint density at radius 3 is 2.39 bits per heavy atom. The summed E-state index contributed by atoms with van der Waals surface area (Å²) in [6.07, 6.45) is 11.2. The van der Waals surface area contributed by atoms with Gasteiger partial charge in [0.1, 0.15) is 5.75 Å². The van der Waals surface area contributed by atoms with Gasteiger partial charge in [0.15, 0.2) is 0 Å². The second-order valence-corrected chi connectivity index (χ2v) is 10.4. The Hall–Kier alpha value is -2.35. The summed E-state index contributed by atoms with van der Waals surface area (Å²) in [4.78, 5) is 26.9. The number of nitro benzene ring substituents is 1. The zero-order valence-corrected chi connectivity index (χ0v) is 19.5. The van der Waals surface area contributed by atoms with Crippen molar-refractivity contribution in [1.82, 2.24) is 10.2 Å². The third kappa shape index (κ3) is 4.81. The lowest BCUT2D eigenvalue weighted by molar-refractivity contribution is -0.385. The molecule has 4 aliphatic rings. The van der Waals surface area contributed by atoms with Crippen LogP contribution in [-0.4, -0.2) is 54.6 Å². The highest BCUT2D eigenvalue weighted by molar-refractivity contribution is 5.98. The molecule has 1 atom stereocenters. The molecular weight excluding hydrogens is 422 g/mol. The van der Waals surface area contributed by atoms with Crippen molar-refractivity contribution in [3.05, 3.63) is 27.8 Å². The van der Waals surface area contributed by atoms with E-state index >= 15 is 0 Å². The first kappa shape index (κ1) is 22.4. The smallest absolute Gasteiger partial charge is 0.312 e. The Labute approximate surface area is 195 Å². The third-order valence-electron chi connectivity index (χ3n) is 8.14. The molecule has 1 N–H and O–H groups in total. The van der Waals surface area contributed by atoms with E-state index in [9.17, 15) is 14.9 Å². The minimum atomic E-state index is -0.489. The molecule has 8 nitrogen and oxygen atoms in total. The van der Waals surface area contributed by atoms with Crippen LogP contribution in [0.3, 0.4) is 0 Å². The Bertz CT molecular complexity index is 880. The van der Waals surface area contributed by atoms with Gasteiger partial charge < -0.3 is 14.8 Å². The van der Waals surface area contributed by atoms with Crippen molar-refractivity contribution in [1.29, 1.82) is 0 Å². The number of methoxy groups -OCH3 is 1. The fourth-order valence-corrected chi connectivity index (χ4v) is 6.32. The summed E-state index contributed by atoms with van der Waals surface area (Å²) in [6, 6.07) is 3.50. The summed E-state index contributed by atoms with van der Waals surface area (Å²) in [6.45, 7) is 2.32. The first-order chi connectivity index (χ1) is 16.0. The summed E-state index contributed by atoms with van der Waals surface area (Å²) >= 11 is 0. The number of nitro groups is 1. The van der Waals surface area contributed by atoms with Gasteiger partial charge in [-0.2, -0.15) is 0 Å². The van der Waals surface area contributed by atoms with E-state index in [1.54, 1.807) is 0 Å². The van der Waals surface area contributed by atoms with E-state index in [4.69, 9.17) is 9.47 Å². The van der Waals surface area contributed by atoms with Crippen molar-refractivity contribution < 1.29 is 19.2 Å². The Morgan fingerprint density at radius 1 is 1.09 bits per heavy atom. The first-order valence-electron chi connectivity index (χ1n) is 12.6. The quantitative estimate of drug-likeness (QED) is 0.465. The Morgan fingerprint density at radius 2 is 1.79 bits per heavy atom. The summed E-state index contributed by atoms with van der Waals surface area (Å²) in [5.41, 5.74) is 0.000590. The van der Waals surface area contributed by atoms with Crippen LogP contribution >= 0.6 is 0 Å². The molecule has 4 fully saturated rings. The second-order valence-electron chi connectivity index (χ2n) is 10.4. The van der Waals surface area contributed by atoms with Gasteiger partial charge in [-0.15, -0.1) is 0 Å². The Kier molecular flexibility index (Phi) is 6.45. The van der Waals surface area contributed by atoms with Crippen LogP contribution in [-0.2, 0) is 0 Å². The van der Waals surface area contributed by atoms with Crippen LogP contribution < -0.4 is 14.8 Å². The molecule has 1 heterocycles. The molecule has 1 unspecified atom stereocenters. The number of nitrogens with one attached hydrogen (secondary N) is 1. The molecule has 8 heteroatoms. The molecule has 33 heavy (non-hydrogen) atoms. The molecule has 1 amide bonds. The monoisotopic (exact) mass is 457 g/mol. The van der Waals surface area contributed by atoms with Crippen LogP contribution in [0.15, 0.2) is 12.1 Å². The largest absolute Gasteiger partial charge is 0.496 e. The van der Waals surface area contributed by atoms with Crippen molar-refractivity contribution in [3.8, 4) is 11.5 Å². The molecular formula is C25H35N3O5. The molecule has 1 saturated heterocycles. The predicted octanol–water partition coefficient (Wildman–Crippen LogP) is 4.17. The van der Waals surface area contributed by atoms with E-state index in [2.05, 4.69) is 10.2 Å². The minimum Gasteiger partial charge on any atom is -0.496 e. The highest BCUT2D eigenvalue weighted by atomic mass is 16.6. The van der Waals surface area contributed by atoms with E-state index in [1.165, 1.54) is 57.8 Å². The molecule has 0 radical (unpaired) electrons. The molecule has 0 spiro atoms. The number of rotatable bonds is 8. The molecule has 1 aromatic carbocycles. The lowest BCUT2D eigenvalue weighted by atomic mass is 9.68. The number of ether oxygens (including phenoxy) is 2. The zero-order chi connectivity index (χ0) is 22.9. The summed E-state index contributed by atoms with van der Waals surface area (Å²) < 4.78 is 11.1. The maximum absolute atomic E-state index is 13.1. The van der Waals surface area contributed by atoms with Crippen LogP contribution in [0, 0.1) is 27.9 Å². The summed E-state index contributed by atoms with van der Waals surface area (Å²) in [5, 5.41) is 14.8. The van der Waals surface area contributed by atoms with Crippen LogP contribution in [0.5, 0.6) is 11.5 Å². The van der Waals surface area contributed by atoms with E-state index in [0.717, 1.165) is 44.2 Å². The van der Waals surface area contributed by atoms with Gasteiger partial charge in [-0.3, -0.25) is 19.8 Å². The molecule has 5 rings (SSSR count). The molecule has 0 aromatic heterocycles. The van der Waals surface area contributed by atoms with Gasteiger partial charge in [0, 0.05) is 37.3 Å². The number of likely N-dealkylation sites (tertiary alicyclic amines) is 1. The van der Waals surface area contributed by atoms with E-state index in [0.29, 0.717) is 24.3 Å². The zero-order valence-electron chi connectivity index (χ0n) is 19.5. The lowest BCUT2D eigenvalue weighted by Gasteiger charge is -2.47. The molecule has 3 aliphatic carbocycles. The third-order valence-corrected chi connectivity index (χ3v) is 8.14. The van der Waals surface area contributed by atoms with Crippen molar-refractivity contribution in [2.75, 3.05) is 26.8 Å². The average Bonchev–Trinajstić information content (AvgIpc) is 3.53. The summed E-state index contributed by atoms with van der Waals surface area (Å²) in [5.74, 6) is 2.22. The number of carbonyl (C=O) groups excluding carboxylic acids is 1. The normalized spacial score (nSPS) is 29.5. The SMILES string of the molecule is COc1cc(OCC2CC2)c([N+](=O)[O-])cc1C(=O)NC1CCN(C2C3CCCC2CCC3)C1. The number of benzene rings is 1. The van der Waals surface area contributed by atoms with Gasteiger partial charge in [-0.25, -0.2) is 0 Å². The number of hydrogen-bond acceptors (Lipinski definition) is 6. The standard InChI is InChI=1S/C25H35N3O5/c1-32-22-13-23(33-15-16-8-9-16)21(28(30)31)12-20(22)25(29)26-19-10-11-27(14-19)24-17-4-2-5-18(24)7-3-6-17/h12-13,16-19,24H,2-11,14-15H2,1H3,(H,26,29). The van der Waals surface area contributed by atoms with E-state index in [1.807, 2.05) is 0 Å². The maximum Gasteiger partial charge on any atom is 0.312 e. The number of fused-ring (bicyclic) bond motifs is 2. The fourth-order valence-electron chi connectivity index (χ4n) is 6.32. The van der Waals surface area contributed by atoms with Gasteiger partial charge >= 0.3 is 5.69 Å². The van der Waals surface area contributed by atoms with E-state index < -0.39 is 4.92 Å². The average molecular weight is 458 g/mol. The van der Waals surface area contributed by atoms with Gasteiger partial charge in [0.2, 0.25) is 5.75 Å². The van der Waals surface area contributed by atoms with Crippen molar-refractivity contribution >= 4 is 11.6 Å². The molecule has 1 aromatic rings. The predicted molar refractivity (Wildman–Crippen MR) is 124 cm³/mol. The van der Waals surface area contributed by atoms with E-state index in [-0.39, 0.29) is 28.9 Å². The second kappa shape index (κ2) is 9.49. The minimum absolute atomic E-state index is 0.0507. The Balaban J connectivity index is 1.27. The van der Waals surface area contributed by atoms with Crippen LogP contribution in [0.1, 0.15) is 68.1 Å². The highest BCUT2D eigenvalue weighted by Crippen LogP contribution is 2.43.